The Hall–Kier alpha value is -1.84. The number of hydrogen-bond acceptors (Lipinski definition) is 4. The van der Waals surface area contributed by atoms with Gasteiger partial charge in [-0.3, -0.25) is 9.59 Å². The van der Waals surface area contributed by atoms with Crippen LogP contribution in [0.5, 0.6) is 0 Å². The monoisotopic (exact) mass is 306 g/mol. The van der Waals surface area contributed by atoms with Crippen LogP contribution in [0.4, 0.5) is 0 Å². The Morgan fingerprint density at radius 2 is 2.18 bits per heavy atom. The van der Waals surface area contributed by atoms with E-state index in [1.807, 2.05) is 13.8 Å². The smallest absolute Gasteiger partial charge is 0.320 e. The van der Waals surface area contributed by atoms with Crippen molar-refractivity contribution in [2.24, 2.45) is 11.3 Å². The average molecular weight is 306 g/mol. The van der Waals surface area contributed by atoms with Crippen molar-refractivity contribution in [2.45, 2.75) is 40.0 Å². The lowest BCUT2D eigenvalue weighted by Gasteiger charge is -2.23. The molecule has 0 saturated carbocycles. The van der Waals surface area contributed by atoms with Crippen molar-refractivity contribution in [1.82, 2.24) is 0 Å². The van der Waals surface area contributed by atoms with Gasteiger partial charge < -0.3 is 9.47 Å². The first-order valence-electron chi connectivity index (χ1n) is 7.65. The van der Waals surface area contributed by atoms with Crippen molar-refractivity contribution < 1.29 is 19.1 Å². The first kappa shape index (κ1) is 18.2. The van der Waals surface area contributed by atoms with Gasteiger partial charge in [-0.05, 0) is 31.3 Å². The third-order valence-corrected chi connectivity index (χ3v) is 3.67. The van der Waals surface area contributed by atoms with Crippen LogP contribution in [-0.2, 0) is 19.1 Å². The molecule has 0 aromatic heterocycles. The van der Waals surface area contributed by atoms with Gasteiger partial charge in [-0.15, -0.1) is 0 Å². The van der Waals surface area contributed by atoms with Gasteiger partial charge in [0.2, 0.25) is 0 Å². The number of ether oxygens (including phenoxy) is 2. The maximum Gasteiger partial charge on any atom is 0.320 e. The zero-order chi connectivity index (χ0) is 16.8. The summed E-state index contributed by atoms with van der Waals surface area (Å²) in [7, 11) is 0. The summed E-state index contributed by atoms with van der Waals surface area (Å²) in [5, 5.41) is 0. The van der Waals surface area contributed by atoms with Gasteiger partial charge in [-0.25, -0.2) is 0 Å². The van der Waals surface area contributed by atoms with E-state index in [1.54, 1.807) is 6.92 Å². The van der Waals surface area contributed by atoms with Gasteiger partial charge in [-0.2, -0.15) is 0 Å². The number of allylic oxidation sites excluding steroid dienone is 2. The minimum absolute atomic E-state index is 0.0611. The van der Waals surface area contributed by atoms with Crippen LogP contribution < -0.4 is 0 Å². The van der Waals surface area contributed by atoms with Gasteiger partial charge in [-0.1, -0.05) is 33.1 Å². The van der Waals surface area contributed by atoms with Crippen LogP contribution in [0, 0.1) is 11.3 Å². The predicted molar refractivity (Wildman–Crippen MR) is 86.1 cm³/mol. The SMILES string of the molecule is C=CC(=C)COC(=O)C1(C)CCCC(OCC(C)C)=CC1=O. The summed E-state index contributed by atoms with van der Waals surface area (Å²) in [4.78, 5) is 24.7. The molecule has 0 aromatic rings. The van der Waals surface area contributed by atoms with E-state index in [0.717, 1.165) is 0 Å². The molecule has 1 atom stereocenters. The van der Waals surface area contributed by atoms with Crippen molar-refractivity contribution in [3.8, 4) is 0 Å². The molecule has 0 bridgehead atoms. The fourth-order valence-electron chi connectivity index (χ4n) is 2.08. The van der Waals surface area contributed by atoms with Gasteiger partial charge >= 0.3 is 5.97 Å². The van der Waals surface area contributed by atoms with Gasteiger partial charge in [0.1, 0.15) is 12.0 Å². The molecular weight excluding hydrogens is 280 g/mol. The first-order chi connectivity index (χ1) is 10.3. The number of ketones is 1. The number of hydrogen-bond donors (Lipinski definition) is 0. The zero-order valence-corrected chi connectivity index (χ0v) is 13.8. The second-order valence-corrected chi connectivity index (χ2v) is 6.30. The summed E-state index contributed by atoms with van der Waals surface area (Å²) >= 11 is 0. The van der Waals surface area contributed by atoms with E-state index in [-0.39, 0.29) is 12.4 Å². The van der Waals surface area contributed by atoms with E-state index < -0.39 is 11.4 Å². The van der Waals surface area contributed by atoms with E-state index >= 15 is 0 Å². The highest BCUT2D eigenvalue weighted by atomic mass is 16.5. The summed E-state index contributed by atoms with van der Waals surface area (Å²) in [5.74, 6) is 0.283. The van der Waals surface area contributed by atoms with E-state index in [4.69, 9.17) is 9.47 Å². The number of carbonyl (C=O) groups excluding carboxylic acids is 2. The topological polar surface area (TPSA) is 52.6 Å². The number of esters is 1. The number of rotatable bonds is 7. The molecule has 0 N–H and O–H groups in total. The second-order valence-electron chi connectivity index (χ2n) is 6.30. The van der Waals surface area contributed by atoms with E-state index in [1.165, 1.54) is 12.2 Å². The highest BCUT2D eigenvalue weighted by Gasteiger charge is 2.42. The molecule has 1 unspecified atom stereocenters. The van der Waals surface area contributed by atoms with Gasteiger partial charge in [0, 0.05) is 12.5 Å². The van der Waals surface area contributed by atoms with Crippen LogP contribution in [-0.4, -0.2) is 25.0 Å². The van der Waals surface area contributed by atoms with Crippen LogP contribution in [0.3, 0.4) is 0 Å². The van der Waals surface area contributed by atoms with Crippen LogP contribution in [0.2, 0.25) is 0 Å². The standard InChI is InChI=1S/C18H26O4/c1-6-14(4)12-22-17(20)18(5)9-7-8-15(10-16(18)19)21-11-13(2)3/h6,10,13H,1,4,7-9,11-12H2,2-3,5H3. The van der Waals surface area contributed by atoms with Crippen LogP contribution in [0.15, 0.2) is 36.6 Å². The lowest BCUT2D eigenvalue weighted by Crippen LogP contribution is -2.37. The summed E-state index contributed by atoms with van der Waals surface area (Å²) in [6.45, 7) is 13.6. The Morgan fingerprint density at radius 3 is 2.77 bits per heavy atom. The van der Waals surface area contributed by atoms with Gasteiger partial charge in [0.15, 0.2) is 5.78 Å². The molecule has 0 heterocycles. The summed E-state index contributed by atoms with van der Waals surface area (Å²) in [6.07, 6.45) is 4.82. The Bertz CT molecular complexity index is 487. The Morgan fingerprint density at radius 1 is 1.50 bits per heavy atom. The second kappa shape index (κ2) is 7.97. The summed E-state index contributed by atoms with van der Waals surface area (Å²) in [5.41, 5.74) is -0.542. The Kier molecular flexibility index (Phi) is 6.60. The zero-order valence-electron chi connectivity index (χ0n) is 13.8. The lowest BCUT2D eigenvalue weighted by molar-refractivity contribution is -0.157. The molecule has 0 radical (unpaired) electrons. The fourth-order valence-corrected chi connectivity index (χ4v) is 2.08. The van der Waals surface area contributed by atoms with E-state index in [9.17, 15) is 9.59 Å². The lowest BCUT2D eigenvalue weighted by atomic mass is 9.82. The van der Waals surface area contributed by atoms with Crippen LogP contribution in [0.25, 0.3) is 0 Å². The molecule has 0 spiro atoms. The largest absolute Gasteiger partial charge is 0.498 e. The van der Waals surface area contributed by atoms with Gasteiger partial charge in [0.25, 0.3) is 0 Å². The van der Waals surface area contributed by atoms with Crippen molar-refractivity contribution in [2.75, 3.05) is 13.2 Å². The quantitative estimate of drug-likeness (QED) is 0.410. The molecule has 1 rings (SSSR count). The summed E-state index contributed by atoms with van der Waals surface area (Å²) in [6, 6.07) is 0. The average Bonchev–Trinajstić information content (AvgIpc) is 2.62. The molecule has 1 aliphatic rings. The maximum atomic E-state index is 12.4. The molecular formula is C18H26O4. The van der Waals surface area contributed by atoms with Crippen molar-refractivity contribution in [1.29, 1.82) is 0 Å². The van der Waals surface area contributed by atoms with E-state index in [0.29, 0.717) is 43.1 Å². The molecule has 122 valence electrons. The molecule has 0 fully saturated rings. The number of carbonyl (C=O) groups is 2. The van der Waals surface area contributed by atoms with Crippen molar-refractivity contribution in [3.63, 3.8) is 0 Å². The van der Waals surface area contributed by atoms with Crippen molar-refractivity contribution >= 4 is 11.8 Å². The minimum atomic E-state index is -1.15. The highest BCUT2D eigenvalue weighted by molar-refractivity contribution is 6.09. The molecule has 0 amide bonds. The predicted octanol–water partition coefficient (Wildman–Crippen LogP) is 3.59. The van der Waals surface area contributed by atoms with Crippen LogP contribution >= 0.6 is 0 Å². The fraction of sp³-hybridized carbons (Fsp3) is 0.556. The Labute approximate surface area is 132 Å². The molecule has 4 heteroatoms. The molecule has 0 aromatic carbocycles. The maximum absolute atomic E-state index is 12.4. The molecule has 0 aliphatic heterocycles. The molecule has 4 nitrogen and oxygen atoms in total. The van der Waals surface area contributed by atoms with Crippen molar-refractivity contribution in [3.05, 3.63) is 36.6 Å². The minimum Gasteiger partial charge on any atom is -0.498 e. The Balaban J connectivity index is 2.77. The molecule has 22 heavy (non-hydrogen) atoms. The highest BCUT2D eigenvalue weighted by Crippen LogP contribution is 2.33. The van der Waals surface area contributed by atoms with Gasteiger partial charge in [0.05, 0.1) is 12.4 Å². The summed E-state index contributed by atoms with van der Waals surface area (Å²) < 4.78 is 10.8. The normalized spacial score (nSPS) is 21.8. The third-order valence-electron chi connectivity index (χ3n) is 3.67. The molecule has 1 aliphatic carbocycles. The van der Waals surface area contributed by atoms with Crippen LogP contribution in [0.1, 0.15) is 40.0 Å². The van der Waals surface area contributed by atoms with E-state index in [2.05, 4.69) is 13.2 Å². The third kappa shape index (κ3) is 4.86. The first-order valence-corrected chi connectivity index (χ1v) is 7.65. The molecule has 0 saturated heterocycles.